The Morgan fingerprint density at radius 1 is 1.05 bits per heavy atom. The molecule has 0 aromatic carbocycles. The van der Waals surface area contributed by atoms with Gasteiger partial charge in [-0.05, 0) is 38.3 Å². The van der Waals surface area contributed by atoms with Crippen molar-refractivity contribution in [2.75, 3.05) is 0 Å². The van der Waals surface area contributed by atoms with Gasteiger partial charge in [-0.1, -0.05) is 48.5 Å². The van der Waals surface area contributed by atoms with Gasteiger partial charge < -0.3 is 4.79 Å². The van der Waals surface area contributed by atoms with Crippen molar-refractivity contribution in [1.82, 2.24) is 0 Å². The summed E-state index contributed by atoms with van der Waals surface area (Å²) in [6.07, 6.45) is 4.67. The van der Waals surface area contributed by atoms with Gasteiger partial charge in [-0.3, -0.25) is 0 Å². The second-order valence-corrected chi connectivity index (χ2v) is 4.62. The van der Waals surface area contributed by atoms with Crippen LogP contribution in [0.1, 0.15) is 46.5 Å². The number of allylic oxidation sites excluding steroid dienone is 4. The molecule has 0 saturated heterocycles. The van der Waals surface area contributed by atoms with E-state index in [1.165, 1.54) is 0 Å². The molecule has 1 heteroatoms. The number of rotatable bonds is 5. The van der Waals surface area contributed by atoms with Gasteiger partial charge in [0, 0.05) is 19.3 Å². The first-order valence-electron chi connectivity index (χ1n) is 6.38. The SMILES string of the molecule is C=C(C)C#CCC(=C)CC#CC(C)=CCCC(C)=O. The maximum atomic E-state index is 10.8. The highest BCUT2D eigenvalue weighted by molar-refractivity contribution is 5.75. The first-order valence-corrected chi connectivity index (χ1v) is 6.38. The zero-order chi connectivity index (χ0) is 14.7. The molecule has 0 saturated carbocycles. The standard InChI is InChI=1S/C18H22O/c1-15(2)9-6-10-16(3)11-7-12-17(4)13-8-14-18(5)19/h13H,1,3,8,10-11,14H2,2,4-5H3. The molecule has 0 heterocycles. The summed E-state index contributed by atoms with van der Waals surface area (Å²) >= 11 is 0. The minimum absolute atomic E-state index is 0.210. The lowest BCUT2D eigenvalue weighted by molar-refractivity contribution is -0.116. The molecule has 0 rings (SSSR count). The fourth-order valence-electron chi connectivity index (χ4n) is 1.23. The lowest BCUT2D eigenvalue weighted by atomic mass is 10.1. The van der Waals surface area contributed by atoms with Gasteiger partial charge in [-0.25, -0.2) is 0 Å². The molecule has 0 radical (unpaired) electrons. The number of ketones is 1. The lowest BCUT2D eigenvalue weighted by Gasteiger charge is -1.93. The number of hydrogen-bond donors (Lipinski definition) is 0. The van der Waals surface area contributed by atoms with E-state index in [1.54, 1.807) is 6.92 Å². The molecular weight excluding hydrogens is 232 g/mol. The van der Waals surface area contributed by atoms with E-state index in [0.29, 0.717) is 19.3 Å². The normalized spacial score (nSPS) is 9.74. The Bertz CT molecular complexity index is 495. The Morgan fingerprint density at radius 3 is 2.16 bits per heavy atom. The van der Waals surface area contributed by atoms with E-state index >= 15 is 0 Å². The summed E-state index contributed by atoms with van der Waals surface area (Å²) in [6, 6.07) is 0. The quantitative estimate of drug-likeness (QED) is 0.530. The van der Waals surface area contributed by atoms with Crippen LogP contribution in [0.15, 0.2) is 36.0 Å². The molecule has 0 spiro atoms. The van der Waals surface area contributed by atoms with Gasteiger partial charge >= 0.3 is 0 Å². The second kappa shape index (κ2) is 9.98. The Morgan fingerprint density at radius 2 is 1.63 bits per heavy atom. The van der Waals surface area contributed by atoms with E-state index in [1.807, 2.05) is 19.9 Å². The number of carbonyl (C=O) groups is 1. The van der Waals surface area contributed by atoms with Crippen LogP contribution in [-0.2, 0) is 4.79 Å². The van der Waals surface area contributed by atoms with E-state index < -0.39 is 0 Å². The first kappa shape index (κ1) is 17.0. The van der Waals surface area contributed by atoms with Gasteiger partial charge in [-0.15, -0.1) is 0 Å². The first-order chi connectivity index (χ1) is 8.91. The highest BCUT2D eigenvalue weighted by Gasteiger charge is 1.90. The topological polar surface area (TPSA) is 17.1 Å². The van der Waals surface area contributed by atoms with Crippen molar-refractivity contribution in [2.45, 2.75) is 46.5 Å². The average molecular weight is 254 g/mol. The van der Waals surface area contributed by atoms with Crippen LogP contribution >= 0.6 is 0 Å². The largest absolute Gasteiger partial charge is 0.300 e. The third-order valence-electron chi connectivity index (χ3n) is 2.21. The third-order valence-corrected chi connectivity index (χ3v) is 2.21. The maximum Gasteiger partial charge on any atom is 0.130 e. The van der Waals surface area contributed by atoms with Crippen LogP contribution in [-0.4, -0.2) is 5.78 Å². The van der Waals surface area contributed by atoms with Crippen molar-refractivity contribution in [3.05, 3.63) is 36.0 Å². The monoisotopic (exact) mass is 254 g/mol. The molecule has 100 valence electrons. The van der Waals surface area contributed by atoms with Crippen molar-refractivity contribution in [3.63, 3.8) is 0 Å². The van der Waals surface area contributed by atoms with E-state index in [0.717, 1.165) is 23.1 Å². The van der Waals surface area contributed by atoms with E-state index in [9.17, 15) is 4.79 Å². The second-order valence-electron chi connectivity index (χ2n) is 4.62. The zero-order valence-electron chi connectivity index (χ0n) is 12.2. The van der Waals surface area contributed by atoms with Crippen LogP contribution in [0.4, 0.5) is 0 Å². The zero-order valence-corrected chi connectivity index (χ0v) is 12.2. The molecule has 0 fully saturated rings. The molecule has 0 aromatic rings. The summed E-state index contributed by atoms with van der Waals surface area (Å²) in [5.74, 6) is 12.3. The molecular formula is C18H22O. The number of carbonyl (C=O) groups excluding carboxylic acids is 1. The predicted molar refractivity (Wildman–Crippen MR) is 82.4 cm³/mol. The third kappa shape index (κ3) is 12.3. The maximum absolute atomic E-state index is 10.8. The van der Waals surface area contributed by atoms with Crippen molar-refractivity contribution in [2.24, 2.45) is 0 Å². The smallest absolute Gasteiger partial charge is 0.130 e. The minimum atomic E-state index is 0.210. The van der Waals surface area contributed by atoms with Crippen molar-refractivity contribution in [3.8, 4) is 23.7 Å². The van der Waals surface area contributed by atoms with Crippen LogP contribution < -0.4 is 0 Å². The number of Topliss-reactive ketones (excluding diaryl/α,β-unsaturated/α-hetero) is 1. The highest BCUT2D eigenvalue weighted by atomic mass is 16.1. The Hall–Kier alpha value is -1.99. The van der Waals surface area contributed by atoms with Gasteiger partial charge in [-0.2, -0.15) is 0 Å². The molecule has 19 heavy (non-hydrogen) atoms. The Kier molecular flexibility index (Phi) is 8.94. The molecule has 0 aliphatic heterocycles. The van der Waals surface area contributed by atoms with Crippen molar-refractivity contribution >= 4 is 5.78 Å². The van der Waals surface area contributed by atoms with Crippen LogP contribution in [0.2, 0.25) is 0 Å². The summed E-state index contributed by atoms with van der Waals surface area (Å²) in [5, 5.41) is 0. The van der Waals surface area contributed by atoms with E-state index in [-0.39, 0.29) is 5.78 Å². The van der Waals surface area contributed by atoms with Crippen LogP contribution in [0, 0.1) is 23.7 Å². The molecule has 0 amide bonds. The van der Waals surface area contributed by atoms with Crippen LogP contribution in [0.5, 0.6) is 0 Å². The van der Waals surface area contributed by atoms with Crippen molar-refractivity contribution in [1.29, 1.82) is 0 Å². The molecule has 0 aliphatic carbocycles. The fourth-order valence-corrected chi connectivity index (χ4v) is 1.23. The van der Waals surface area contributed by atoms with Crippen LogP contribution in [0.3, 0.4) is 0 Å². The van der Waals surface area contributed by atoms with Gasteiger partial charge in [0.1, 0.15) is 5.78 Å². The Balaban J connectivity index is 4.10. The molecule has 0 aliphatic rings. The molecule has 0 atom stereocenters. The van der Waals surface area contributed by atoms with E-state index in [4.69, 9.17) is 0 Å². The van der Waals surface area contributed by atoms with Crippen LogP contribution in [0.25, 0.3) is 0 Å². The fraction of sp³-hybridized carbons (Fsp3) is 0.389. The minimum Gasteiger partial charge on any atom is -0.300 e. The molecule has 0 N–H and O–H groups in total. The molecule has 0 bridgehead atoms. The summed E-state index contributed by atoms with van der Waals surface area (Å²) in [7, 11) is 0. The Labute approximate surface area is 117 Å². The molecule has 0 unspecified atom stereocenters. The number of hydrogen-bond acceptors (Lipinski definition) is 1. The van der Waals surface area contributed by atoms with Crippen molar-refractivity contribution < 1.29 is 4.79 Å². The van der Waals surface area contributed by atoms with Gasteiger partial charge in [0.15, 0.2) is 0 Å². The van der Waals surface area contributed by atoms with Gasteiger partial charge in [0.2, 0.25) is 0 Å². The van der Waals surface area contributed by atoms with E-state index in [2.05, 4.69) is 36.8 Å². The summed E-state index contributed by atoms with van der Waals surface area (Å²) < 4.78 is 0. The average Bonchev–Trinajstić information content (AvgIpc) is 2.27. The molecule has 1 nitrogen and oxygen atoms in total. The highest BCUT2D eigenvalue weighted by Crippen LogP contribution is 2.03. The van der Waals surface area contributed by atoms with Gasteiger partial charge in [0.05, 0.1) is 0 Å². The predicted octanol–water partition coefficient (Wildman–Crippen LogP) is 4.22. The lowest BCUT2D eigenvalue weighted by Crippen LogP contribution is -1.87. The summed E-state index contributed by atoms with van der Waals surface area (Å²) in [5.41, 5.74) is 2.88. The summed E-state index contributed by atoms with van der Waals surface area (Å²) in [6.45, 7) is 13.1. The van der Waals surface area contributed by atoms with Gasteiger partial charge in [0.25, 0.3) is 0 Å². The summed E-state index contributed by atoms with van der Waals surface area (Å²) in [4.78, 5) is 10.8. The molecule has 0 aromatic heterocycles.